The molecule has 1 aliphatic rings. The fraction of sp³-hybridized carbons (Fsp3) is 0.500. The Morgan fingerprint density at radius 1 is 1.42 bits per heavy atom. The lowest BCUT2D eigenvalue weighted by Gasteiger charge is -2.34. The van der Waals surface area contributed by atoms with Crippen LogP contribution >= 0.6 is 39.5 Å². The third-order valence-electron chi connectivity index (χ3n) is 4.07. The first kappa shape index (κ1) is 19.5. The fourth-order valence-electron chi connectivity index (χ4n) is 2.93. The quantitative estimate of drug-likeness (QED) is 0.487. The number of hydrogen-bond donors (Lipinski definition) is 0. The zero-order valence-corrected chi connectivity index (χ0v) is 16.9. The molecule has 2 atom stereocenters. The minimum absolute atomic E-state index is 0.101. The second kappa shape index (κ2) is 8.01. The smallest absolute Gasteiger partial charge is 0.224 e. The predicted molar refractivity (Wildman–Crippen MR) is 104 cm³/mol. The summed E-state index contributed by atoms with van der Waals surface area (Å²) in [6.07, 6.45) is 0. The summed E-state index contributed by atoms with van der Waals surface area (Å²) in [5, 5.41) is 11.2. The molecule has 0 bridgehead atoms. The van der Waals surface area contributed by atoms with Crippen LogP contribution in [0.1, 0.15) is 32.3 Å². The van der Waals surface area contributed by atoms with Crippen molar-refractivity contribution >= 4 is 48.9 Å². The number of carbonyl (C=O) groups is 1. The van der Waals surface area contributed by atoms with E-state index in [1.165, 1.54) is 11.8 Å². The van der Waals surface area contributed by atoms with Crippen LogP contribution in [0.25, 0.3) is 0 Å². The van der Waals surface area contributed by atoms with Gasteiger partial charge in [0.1, 0.15) is 9.91 Å². The molecule has 0 fully saturated rings. The lowest BCUT2D eigenvalue weighted by Crippen LogP contribution is -2.46. The summed E-state index contributed by atoms with van der Waals surface area (Å²) in [6, 6.07) is 7.36. The van der Waals surface area contributed by atoms with Crippen molar-refractivity contribution in [2.45, 2.75) is 32.2 Å². The maximum Gasteiger partial charge on any atom is 0.224 e. The van der Waals surface area contributed by atoms with Gasteiger partial charge in [-0.2, -0.15) is 0 Å². The molecule has 0 radical (unpaired) electrons. The van der Waals surface area contributed by atoms with E-state index in [0.717, 1.165) is 27.6 Å². The number of benzene rings is 1. The van der Waals surface area contributed by atoms with Crippen LogP contribution in [-0.2, 0) is 4.79 Å². The van der Waals surface area contributed by atoms with E-state index in [1.807, 2.05) is 45.0 Å². The number of nitro groups is 1. The molecular formula is C16H19BrN2O3S2. The van der Waals surface area contributed by atoms with E-state index in [4.69, 9.17) is 4.99 Å². The van der Waals surface area contributed by atoms with E-state index < -0.39 is 11.5 Å². The zero-order valence-electron chi connectivity index (χ0n) is 13.7. The molecule has 1 aromatic carbocycles. The van der Waals surface area contributed by atoms with Gasteiger partial charge in [-0.25, -0.2) is 0 Å². The molecule has 1 heterocycles. The molecule has 0 saturated heterocycles. The van der Waals surface area contributed by atoms with Gasteiger partial charge in [0.05, 0.1) is 5.92 Å². The molecule has 5 nitrogen and oxygen atoms in total. The van der Waals surface area contributed by atoms with Gasteiger partial charge in [-0.3, -0.25) is 19.9 Å². The van der Waals surface area contributed by atoms with Crippen LogP contribution in [0.3, 0.4) is 0 Å². The minimum Gasteiger partial charge on any atom is -0.284 e. The topological polar surface area (TPSA) is 72.6 Å². The average molecular weight is 431 g/mol. The van der Waals surface area contributed by atoms with Crippen LogP contribution in [0.4, 0.5) is 0 Å². The largest absolute Gasteiger partial charge is 0.284 e. The molecule has 8 heteroatoms. The van der Waals surface area contributed by atoms with E-state index in [2.05, 4.69) is 15.9 Å². The Hall–Kier alpha value is -0.860. The number of thioether (sulfide) groups is 2. The number of rotatable bonds is 6. The van der Waals surface area contributed by atoms with Crippen molar-refractivity contribution in [2.75, 3.05) is 12.3 Å². The Morgan fingerprint density at radius 2 is 2.08 bits per heavy atom. The van der Waals surface area contributed by atoms with Gasteiger partial charge in [0.2, 0.25) is 11.7 Å². The van der Waals surface area contributed by atoms with Gasteiger partial charge in [-0.1, -0.05) is 66.7 Å². The van der Waals surface area contributed by atoms with Crippen molar-refractivity contribution in [3.8, 4) is 0 Å². The summed E-state index contributed by atoms with van der Waals surface area (Å²) in [5.41, 5.74) is -0.359. The van der Waals surface area contributed by atoms with Crippen molar-refractivity contribution in [1.29, 1.82) is 0 Å². The predicted octanol–water partition coefficient (Wildman–Crippen LogP) is 4.59. The third-order valence-corrected chi connectivity index (χ3v) is 6.81. The average Bonchev–Trinajstić information content (AvgIpc) is 2.83. The number of aliphatic imine (C=N–C) groups is 1. The zero-order chi connectivity index (χ0) is 17.9. The minimum atomic E-state index is -1.11. The van der Waals surface area contributed by atoms with Crippen molar-refractivity contribution in [2.24, 2.45) is 10.9 Å². The Labute approximate surface area is 158 Å². The monoisotopic (exact) mass is 430 g/mol. The van der Waals surface area contributed by atoms with Gasteiger partial charge < -0.3 is 0 Å². The summed E-state index contributed by atoms with van der Waals surface area (Å²) in [7, 11) is 0. The summed E-state index contributed by atoms with van der Waals surface area (Å²) in [5.74, 6) is 0.0462. The maximum atomic E-state index is 12.9. The van der Waals surface area contributed by atoms with Crippen LogP contribution in [-0.4, -0.2) is 32.3 Å². The van der Waals surface area contributed by atoms with Crippen molar-refractivity contribution in [3.05, 3.63) is 44.4 Å². The van der Waals surface area contributed by atoms with Crippen LogP contribution < -0.4 is 0 Å². The van der Waals surface area contributed by atoms with Crippen LogP contribution in [0.5, 0.6) is 0 Å². The number of halogens is 1. The van der Waals surface area contributed by atoms with Crippen molar-refractivity contribution < 1.29 is 9.72 Å². The van der Waals surface area contributed by atoms with E-state index in [9.17, 15) is 14.9 Å². The highest BCUT2D eigenvalue weighted by molar-refractivity contribution is 9.10. The molecule has 0 aliphatic carbocycles. The molecule has 2 rings (SSSR count). The highest BCUT2D eigenvalue weighted by atomic mass is 79.9. The van der Waals surface area contributed by atoms with E-state index >= 15 is 0 Å². The Bertz CT molecular complexity index is 681. The summed E-state index contributed by atoms with van der Waals surface area (Å²) < 4.78 is 1.47. The van der Waals surface area contributed by atoms with Gasteiger partial charge in [-0.05, 0) is 35.1 Å². The Morgan fingerprint density at radius 3 is 2.62 bits per heavy atom. The van der Waals surface area contributed by atoms with Gasteiger partial charge in [0.25, 0.3) is 0 Å². The second-order valence-electron chi connectivity index (χ2n) is 5.77. The lowest BCUT2D eigenvalue weighted by atomic mass is 9.73. The molecule has 0 N–H and O–H groups in total. The molecule has 0 unspecified atom stereocenters. The first-order chi connectivity index (χ1) is 11.3. The molecule has 0 aromatic heterocycles. The van der Waals surface area contributed by atoms with E-state index in [-0.39, 0.29) is 22.5 Å². The molecule has 24 heavy (non-hydrogen) atoms. The summed E-state index contributed by atoms with van der Waals surface area (Å²) >= 11 is 6.10. The number of hydrogen-bond acceptors (Lipinski definition) is 6. The van der Waals surface area contributed by atoms with Crippen molar-refractivity contribution in [3.63, 3.8) is 0 Å². The highest BCUT2D eigenvalue weighted by Crippen LogP contribution is 2.48. The molecule has 1 aliphatic heterocycles. The van der Waals surface area contributed by atoms with Gasteiger partial charge >= 0.3 is 0 Å². The van der Waals surface area contributed by atoms with E-state index in [1.54, 1.807) is 0 Å². The van der Waals surface area contributed by atoms with Gasteiger partial charge in [-0.15, -0.1) is 0 Å². The molecule has 1 aromatic rings. The molecular weight excluding hydrogens is 412 g/mol. The number of carbonyl (C=O) groups excluding carboxylic acids is 1. The van der Waals surface area contributed by atoms with Crippen LogP contribution in [0.15, 0.2) is 33.7 Å². The summed E-state index contributed by atoms with van der Waals surface area (Å²) in [4.78, 5) is 28.6. The Kier molecular flexibility index (Phi) is 6.50. The molecule has 130 valence electrons. The summed E-state index contributed by atoms with van der Waals surface area (Å²) in [6.45, 7) is 5.48. The first-order valence-corrected chi connectivity index (χ1v) is 10.2. The van der Waals surface area contributed by atoms with Gasteiger partial charge in [0.15, 0.2) is 0 Å². The fourth-order valence-corrected chi connectivity index (χ4v) is 5.72. The first-order valence-electron chi connectivity index (χ1n) is 7.64. The van der Waals surface area contributed by atoms with Crippen LogP contribution in [0, 0.1) is 16.0 Å². The van der Waals surface area contributed by atoms with E-state index in [0.29, 0.717) is 4.38 Å². The molecule has 0 saturated carbocycles. The van der Waals surface area contributed by atoms with Gasteiger partial charge in [0, 0.05) is 9.40 Å². The number of nitrogens with zero attached hydrogens (tertiary/aromatic N) is 2. The normalized spacial score (nSPS) is 21.9. The molecule has 0 amide bonds. The Balaban J connectivity index is 2.62. The second-order valence-corrected chi connectivity index (χ2v) is 9.10. The third kappa shape index (κ3) is 3.70. The lowest BCUT2D eigenvalue weighted by molar-refractivity contribution is -0.485. The van der Waals surface area contributed by atoms with Crippen molar-refractivity contribution in [1.82, 2.24) is 0 Å². The maximum absolute atomic E-state index is 12.9. The SMILES string of the molecule is CCSC1=N[C@@](C(C)C)([C@H](C[N+](=O)[O-])c2ccccc2Br)C(=O)S1. The molecule has 0 spiro atoms. The standard InChI is InChI=1S/C16H19BrN2O3S2/c1-4-23-15-18-16(10(2)3,14(20)24-15)12(9-19(21)22)11-7-5-6-8-13(11)17/h5-8,10,12H,4,9H2,1-3H3/t12-,16+/m1/s1. The highest BCUT2D eigenvalue weighted by Gasteiger charge is 2.55. The van der Waals surface area contributed by atoms with Crippen LogP contribution in [0.2, 0.25) is 0 Å².